The highest BCUT2D eigenvalue weighted by molar-refractivity contribution is 7.13. The fraction of sp³-hybridized carbons (Fsp3) is 0.111. The van der Waals surface area contributed by atoms with Crippen molar-refractivity contribution in [1.29, 1.82) is 0 Å². The van der Waals surface area contributed by atoms with Gasteiger partial charge < -0.3 is 5.73 Å². The number of rotatable bonds is 2. The van der Waals surface area contributed by atoms with Crippen molar-refractivity contribution in [1.82, 2.24) is 9.97 Å². The van der Waals surface area contributed by atoms with Crippen molar-refractivity contribution in [3.8, 4) is 10.4 Å². The van der Waals surface area contributed by atoms with E-state index in [9.17, 15) is 0 Å². The number of pyridine rings is 1. The van der Waals surface area contributed by atoms with Gasteiger partial charge in [0.2, 0.25) is 0 Å². The molecule has 3 nitrogen and oxygen atoms in total. The minimum Gasteiger partial charge on any atom is -0.325 e. The predicted molar refractivity (Wildman–Crippen MR) is 53.2 cm³/mol. The topological polar surface area (TPSA) is 51.8 Å². The summed E-state index contributed by atoms with van der Waals surface area (Å²) in [6.45, 7) is 0.487. The van der Waals surface area contributed by atoms with Gasteiger partial charge in [-0.05, 0) is 17.7 Å². The molecule has 0 aromatic carbocycles. The lowest BCUT2D eigenvalue weighted by Crippen LogP contribution is -1.97. The van der Waals surface area contributed by atoms with E-state index in [0.717, 1.165) is 16.1 Å². The Bertz CT molecular complexity index is 383. The van der Waals surface area contributed by atoms with E-state index in [4.69, 9.17) is 5.73 Å². The third-order valence-electron chi connectivity index (χ3n) is 1.78. The van der Waals surface area contributed by atoms with Gasteiger partial charge in [-0.25, -0.2) is 4.98 Å². The van der Waals surface area contributed by atoms with Crippen LogP contribution in [-0.2, 0) is 6.54 Å². The zero-order valence-corrected chi connectivity index (χ0v) is 7.79. The van der Waals surface area contributed by atoms with E-state index < -0.39 is 0 Å². The molecule has 2 aromatic heterocycles. The van der Waals surface area contributed by atoms with Gasteiger partial charge in [-0.1, -0.05) is 0 Å². The summed E-state index contributed by atoms with van der Waals surface area (Å²) in [5.41, 5.74) is 9.47. The fourth-order valence-corrected chi connectivity index (χ4v) is 1.98. The van der Waals surface area contributed by atoms with E-state index in [2.05, 4.69) is 9.97 Å². The normalized spacial score (nSPS) is 10.2. The second-order valence-corrected chi connectivity index (χ2v) is 3.42. The molecule has 0 aliphatic heterocycles. The first-order valence-corrected chi connectivity index (χ1v) is 4.82. The van der Waals surface area contributed by atoms with E-state index in [1.807, 2.05) is 17.6 Å². The van der Waals surface area contributed by atoms with Crippen molar-refractivity contribution in [2.45, 2.75) is 6.54 Å². The number of aromatic nitrogens is 2. The molecule has 0 fully saturated rings. The molecule has 2 N–H and O–H groups in total. The van der Waals surface area contributed by atoms with Crippen LogP contribution in [0.1, 0.15) is 5.69 Å². The second kappa shape index (κ2) is 3.64. The summed E-state index contributed by atoms with van der Waals surface area (Å²) >= 11 is 1.61. The number of hydrogen-bond acceptors (Lipinski definition) is 4. The van der Waals surface area contributed by atoms with Gasteiger partial charge >= 0.3 is 0 Å². The minimum atomic E-state index is 0.487. The highest BCUT2D eigenvalue weighted by Crippen LogP contribution is 2.26. The zero-order chi connectivity index (χ0) is 9.10. The first-order chi connectivity index (χ1) is 6.42. The van der Waals surface area contributed by atoms with Gasteiger partial charge in [-0.2, -0.15) is 0 Å². The average molecular weight is 191 g/mol. The van der Waals surface area contributed by atoms with Gasteiger partial charge in [0.1, 0.15) is 0 Å². The Balaban J connectivity index is 2.47. The van der Waals surface area contributed by atoms with Crippen LogP contribution < -0.4 is 5.73 Å². The Morgan fingerprint density at radius 1 is 1.31 bits per heavy atom. The van der Waals surface area contributed by atoms with Crippen LogP contribution in [0, 0.1) is 0 Å². The summed E-state index contributed by atoms with van der Waals surface area (Å²) in [6, 6.07) is 3.93. The summed E-state index contributed by atoms with van der Waals surface area (Å²) in [7, 11) is 0. The average Bonchev–Trinajstić information content (AvgIpc) is 2.67. The zero-order valence-electron chi connectivity index (χ0n) is 6.97. The fourth-order valence-electron chi connectivity index (χ4n) is 1.15. The molecule has 2 aromatic rings. The maximum atomic E-state index is 5.56. The van der Waals surface area contributed by atoms with Crippen LogP contribution in [0.3, 0.4) is 0 Å². The smallest absolute Gasteiger partial charge is 0.0802 e. The Kier molecular flexibility index (Phi) is 2.33. The molecule has 0 radical (unpaired) electrons. The number of thiazole rings is 1. The highest BCUT2D eigenvalue weighted by atomic mass is 32.1. The quantitative estimate of drug-likeness (QED) is 0.785. The lowest BCUT2D eigenvalue weighted by molar-refractivity contribution is 1.01. The number of nitrogens with zero attached hydrogens (tertiary/aromatic N) is 2. The first kappa shape index (κ1) is 8.34. The van der Waals surface area contributed by atoms with Gasteiger partial charge in [0.15, 0.2) is 0 Å². The van der Waals surface area contributed by atoms with Crippen LogP contribution >= 0.6 is 11.3 Å². The first-order valence-electron chi connectivity index (χ1n) is 3.94. The monoisotopic (exact) mass is 191 g/mol. The number of hydrogen-bond donors (Lipinski definition) is 1. The standard InChI is InChI=1S/C9H9N3S/c10-5-8-9(13-6-12-8)7-1-3-11-4-2-7/h1-4,6H,5,10H2. The molecule has 0 unspecified atom stereocenters. The van der Waals surface area contributed by atoms with Crippen molar-refractivity contribution in [3.63, 3.8) is 0 Å². The van der Waals surface area contributed by atoms with E-state index in [0.29, 0.717) is 6.54 Å². The summed E-state index contributed by atoms with van der Waals surface area (Å²) < 4.78 is 0. The minimum absolute atomic E-state index is 0.487. The summed E-state index contributed by atoms with van der Waals surface area (Å²) in [5.74, 6) is 0. The van der Waals surface area contributed by atoms with Crippen molar-refractivity contribution < 1.29 is 0 Å². The third kappa shape index (κ3) is 1.59. The largest absolute Gasteiger partial charge is 0.325 e. The molecular formula is C9H9N3S. The van der Waals surface area contributed by atoms with Gasteiger partial charge in [0.25, 0.3) is 0 Å². The maximum absolute atomic E-state index is 5.56. The van der Waals surface area contributed by atoms with Crippen molar-refractivity contribution in [3.05, 3.63) is 35.7 Å². The molecule has 2 rings (SSSR count). The van der Waals surface area contributed by atoms with Crippen LogP contribution in [-0.4, -0.2) is 9.97 Å². The molecule has 66 valence electrons. The lowest BCUT2D eigenvalue weighted by Gasteiger charge is -1.98. The predicted octanol–water partition coefficient (Wildman–Crippen LogP) is 1.66. The maximum Gasteiger partial charge on any atom is 0.0802 e. The molecule has 0 aliphatic rings. The van der Waals surface area contributed by atoms with Crippen LogP contribution in [0.15, 0.2) is 30.0 Å². The molecule has 0 amide bonds. The molecule has 2 heterocycles. The van der Waals surface area contributed by atoms with Gasteiger partial charge in [0, 0.05) is 18.9 Å². The molecule has 0 saturated heterocycles. The number of nitrogens with two attached hydrogens (primary N) is 1. The Morgan fingerprint density at radius 3 is 2.77 bits per heavy atom. The molecule has 13 heavy (non-hydrogen) atoms. The Labute approximate surface area is 80.3 Å². The van der Waals surface area contributed by atoms with E-state index in [1.54, 1.807) is 23.7 Å². The van der Waals surface area contributed by atoms with Gasteiger partial charge in [-0.3, -0.25) is 4.98 Å². The van der Waals surface area contributed by atoms with Gasteiger partial charge in [-0.15, -0.1) is 11.3 Å². The molecule has 0 saturated carbocycles. The third-order valence-corrected chi connectivity index (χ3v) is 2.69. The van der Waals surface area contributed by atoms with Crippen LogP contribution in [0.5, 0.6) is 0 Å². The van der Waals surface area contributed by atoms with Crippen molar-refractivity contribution >= 4 is 11.3 Å². The van der Waals surface area contributed by atoms with E-state index in [-0.39, 0.29) is 0 Å². The van der Waals surface area contributed by atoms with Crippen LogP contribution in [0.2, 0.25) is 0 Å². The van der Waals surface area contributed by atoms with E-state index >= 15 is 0 Å². The Morgan fingerprint density at radius 2 is 2.08 bits per heavy atom. The highest BCUT2D eigenvalue weighted by Gasteiger charge is 2.05. The van der Waals surface area contributed by atoms with Crippen LogP contribution in [0.4, 0.5) is 0 Å². The summed E-state index contributed by atoms with van der Waals surface area (Å²) in [6.07, 6.45) is 3.55. The molecule has 0 aliphatic carbocycles. The Hall–Kier alpha value is -1.26. The molecule has 0 spiro atoms. The summed E-state index contributed by atoms with van der Waals surface area (Å²) in [4.78, 5) is 9.29. The van der Waals surface area contributed by atoms with E-state index in [1.165, 1.54) is 0 Å². The second-order valence-electron chi connectivity index (χ2n) is 2.57. The summed E-state index contributed by atoms with van der Waals surface area (Å²) in [5, 5.41) is 0. The molecule has 0 bridgehead atoms. The van der Waals surface area contributed by atoms with Crippen molar-refractivity contribution in [2.24, 2.45) is 5.73 Å². The molecular weight excluding hydrogens is 182 g/mol. The SMILES string of the molecule is NCc1ncsc1-c1ccncc1. The molecule has 4 heteroatoms. The lowest BCUT2D eigenvalue weighted by atomic mass is 10.2. The van der Waals surface area contributed by atoms with Gasteiger partial charge in [0.05, 0.1) is 16.1 Å². The molecule has 0 atom stereocenters. The van der Waals surface area contributed by atoms with Crippen LogP contribution in [0.25, 0.3) is 10.4 Å². The van der Waals surface area contributed by atoms with Crippen molar-refractivity contribution in [2.75, 3.05) is 0 Å².